The van der Waals surface area contributed by atoms with Crippen LogP contribution in [0.2, 0.25) is 0 Å². The molecule has 0 spiro atoms. The Hall–Kier alpha value is -1.73. The molecule has 1 aliphatic carbocycles. The maximum Gasteiger partial charge on any atom is 0.296 e. The van der Waals surface area contributed by atoms with Gasteiger partial charge in [0.15, 0.2) is 0 Å². The van der Waals surface area contributed by atoms with E-state index in [0.29, 0.717) is 19.1 Å². The number of hydrogen-bond donors (Lipinski definition) is 0. The van der Waals surface area contributed by atoms with Crippen molar-refractivity contribution in [3.05, 3.63) is 65.7 Å². The van der Waals surface area contributed by atoms with Crippen molar-refractivity contribution >= 4 is 10.1 Å². The van der Waals surface area contributed by atoms with Gasteiger partial charge in [0.1, 0.15) is 0 Å². The fourth-order valence-electron chi connectivity index (χ4n) is 4.35. The second-order valence-electron chi connectivity index (χ2n) is 8.42. The zero-order valence-corrected chi connectivity index (χ0v) is 17.7. The molecule has 0 N–H and O–H groups in total. The number of ether oxygens (including phenoxy) is 2. The van der Waals surface area contributed by atoms with Gasteiger partial charge in [0.25, 0.3) is 10.1 Å². The lowest BCUT2D eigenvalue weighted by atomic mass is 9.73. The zero-order chi connectivity index (χ0) is 20.5. The first-order chi connectivity index (χ1) is 13.9. The average molecular weight is 417 g/mol. The Morgan fingerprint density at radius 2 is 1.83 bits per heavy atom. The van der Waals surface area contributed by atoms with Crippen LogP contribution in [0.1, 0.15) is 30.9 Å². The van der Waals surface area contributed by atoms with Crippen molar-refractivity contribution in [2.24, 2.45) is 11.8 Å². The quantitative estimate of drug-likeness (QED) is 0.636. The molecular formula is C23H28O5S. The van der Waals surface area contributed by atoms with Crippen LogP contribution < -0.4 is 0 Å². The molecule has 2 aromatic carbocycles. The van der Waals surface area contributed by atoms with E-state index in [2.05, 4.69) is 6.92 Å². The standard InChI is InChI=1S/C23H28O5S/c1-17-8-10-21(11-9-17)29(24,25)28-16-19-12-22(23(2)13-20(19)15-27-23)26-14-18-6-4-3-5-7-18/h3-11,19-20,22H,12-16H2,1-2H3. The monoisotopic (exact) mass is 416 g/mol. The first-order valence-corrected chi connectivity index (χ1v) is 11.5. The Labute approximate surface area is 173 Å². The molecule has 2 aromatic rings. The molecule has 2 aliphatic rings. The molecule has 4 atom stereocenters. The van der Waals surface area contributed by atoms with Gasteiger partial charge in [-0.25, -0.2) is 0 Å². The SMILES string of the molecule is Cc1ccc(S(=O)(=O)OCC2CC(OCc3ccccc3)C3(C)CC2CO3)cc1. The lowest BCUT2D eigenvalue weighted by molar-refractivity contribution is -0.125. The summed E-state index contributed by atoms with van der Waals surface area (Å²) in [5, 5.41) is 0. The summed E-state index contributed by atoms with van der Waals surface area (Å²) in [5.41, 5.74) is 1.81. The van der Waals surface area contributed by atoms with Gasteiger partial charge >= 0.3 is 0 Å². The summed E-state index contributed by atoms with van der Waals surface area (Å²) < 4.78 is 42.9. The van der Waals surface area contributed by atoms with Crippen molar-refractivity contribution in [2.45, 2.75) is 49.9 Å². The van der Waals surface area contributed by atoms with E-state index in [1.54, 1.807) is 24.3 Å². The van der Waals surface area contributed by atoms with Crippen LogP contribution in [-0.2, 0) is 30.4 Å². The maximum atomic E-state index is 12.6. The van der Waals surface area contributed by atoms with E-state index in [-0.39, 0.29) is 29.1 Å². The largest absolute Gasteiger partial charge is 0.372 e. The summed E-state index contributed by atoms with van der Waals surface area (Å²) in [7, 11) is -3.76. The van der Waals surface area contributed by atoms with Crippen molar-refractivity contribution < 1.29 is 22.1 Å². The molecule has 0 radical (unpaired) electrons. The molecule has 2 bridgehead atoms. The topological polar surface area (TPSA) is 61.8 Å². The molecule has 1 saturated heterocycles. The summed E-state index contributed by atoms with van der Waals surface area (Å²) in [6, 6.07) is 16.8. The van der Waals surface area contributed by atoms with E-state index in [4.69, 9.17) is 13.7 Å². The molecule has 1 aliphatic heterocycles. The fraction of sp³-hybridized carbons (Fsp3) is 0.478. The summed E-state index contributed by atoms with van der Waals surface area (Å²) in [4.78, 5) is 0.197. The highest BCUT2D eigenvalue weighted by molar-refractivity contribution is 7.86. The minimum atomic E-state index is -3.76. The third kappa shape index (κ3) is 4.56. The van der Waals surface area contributed by atoms with Gasteiger partial charge < -0.3 is 9.47 Å². The van der Waals surface area contributed by atoms with Crippen LogP contribution in [0.3, 0.4) is 0 Å². The molecule has 1 heterocycles. The van der Waals surface area contributed by atoms with Crippen LogP contribution in [-0.4, -0.2) is 33.3 Å². The van der Waals surface area contributed by atoms with Gasteiger partial charge in [-0.05, 0) is 56.2 Å². The van der Waals surface area contributed by atoms with Gasteiger partial charge in [-0.1, -0.05) is 48.0 Å². The van der Waals surface area contributed by atoms with Gasteiger partial charge in [-0.15, -0.1) is 0 Å². The van der Waals surface area contributed by atoms with E-state index in [9.17, 15) is 8.42 Å². The van der Waals surface area contributed by atoms with E-state index in [1.165, 1.54) is 0 Å². The number of aryl methyl sites for hydroxylation is 1. The highest BCUT2D eigenvalue weighted by Crippen LogP contribution is 2.46. The van der Waals surface area contributed by atoms with Gasteiger partial charge in [0.05, 0.1) is 36.4 Å². The fourth-order valence-corrected chi connectivity index (χ4v) is 5.31. The highest BCUT2D eigenvalue weighted by Gasteiger charge is 2.51. The molecule has 0 amide bonds. The molecule has 4 unspecified atom stereocenters. The molecule has 5 nitrogen and oxygen atoms in total. The molecular weight excluding hydrogens is 388 g/mol. The van der Waals surface area contributed by atoms with Crippen molar-refractivity contribution in [2.75, 3.05) is 13.2 Å². The normalized spacial score (nSPS) is 29.1. The molecule has 2 fully saturated rings. The number of hydrogen-bond acceptors (Lipinski definition) is 5. The Balaban J connectivity index is 1.40. The molecule has 29 heavy (non-hydrogen) atoms. The highest BCUT2D eigenvalue weighted by atomic mass is 32.2. The first-order valence-electron chi connectivity index (χ1n) is 10.1. The minimum absolute atomic E-state index is 0.0860. The van der Waals surface area contributed by atoms with Crippen LogP contribution in [0.15, 0.2) is 59.5 Å². The van der Waals surface area contributed by atoms with E-state index >= 15 is 0 Å². The van der Waals surface area contributed by atoms with Gasteiger partial charge in [-0.2, -0.15) is 8.42 Å². The summed E-state index contributed by atoms with van der Waals surface area (Å²) in [5.74, 6) is 0.386. The third-order valence-electron chi connectivity index (χ3n) is 6.20. The Morgan fingerprint density at radius 1 is 1.10 bits per heavy atom. The third-order valence-corrected chi connectivity index (χ3v) is 7.50. The Bertz CT molecular complexity index is 926. The van der Waals surface area contributed by atoms with Crippen LogP contribution in [0.25, 0.3) is 0 Å². The smallest absolute Gasteiger partial charge is 0.296 e. The first kappa shape index (κ1) is 20.5. The van der Waals surface area contributed by atoms with E-state index < -0.39 is 10.1 Å². The zero-order valence-electron chi connectivity index (χ0n) is 16.9. The number of fused-ring (bicyclic) bond motifs is 2. The number of rotatable bonds is 7. The summed E-state index contributed by atoms with van der Waals surface area (Å²) in [6.45, 7) is 5.32. The minimum Gasteiger partial charge on any atom is -0.372 e. The molecule has 4 rings (SSSR count). The maximum absolute atomic E-state index is 12.6. The Morgan fingerprint density at radius 3 is 2.55 bits per heavy atom. The molecule has 1 saturated carbocycles. The summed E-state index contributed by atoms with van der Waals surface area (Å²) in [6.07, 6.45) is 1.51. The molecule has 156 valence electrons. The lowest BCUT2D eigenvalue weighted by Crippen LogP contribution is -2.46. The van der Waals surface area contributed by atoms with Crippen molar-refractivity contribution in [3.63, 3.8) is 0 Å². The van der Waals surface area contributed by atoms with Crippen molar-refractivity contribution in [1.82, 2.24) is 0 Å². The average Bonchev–Trinajstić information content (AvgIpc) is 3.06. The van der Waals surface area contributed by atoms with Crippen LogP contribution in [0, 0.1) is 18.8 Å². The van der Waals surface area contributed by atoms with E-state index in [0.717, 1.165) is 24.0 Å². The lowest BCUT2D eigenvalue weighted by Gasteiger charge is -2.39. The van der Waals surface area contributed by atoms with E-state index in [1.807, 2.05) is 37.3 Å². The van der Waals surface area contributed by atoms with Gasteiger partial charge in [0.2, 0.25) is 0 Å². The van der Waals surface area contributed by atoms with Crippen LogP contribution in [0.5, 0.6) is 0 Å². The second-order valence-corrected chi connectivity index (χ2v) is 10.0. The molecule has 0 aromatic heterocycles. The predicted molar refractivity (Wildman–Crippen MR) is 110 cm³/mol. The van der Waals surface area contributed by atoms with Gasteiger partial charge in [-0.3, -0.25) is 4.18 Å². The van der Waals surface area contributed by atoms with Crippen molar-refractivity contribution in [3.8, 4) is 0 Å². The second kappa shape index (κ2) is 8.19. The predicted octanol–water partition coefficient (Wildman–Crippen LogP) is 4.10. The van der Waals surface area contributed by atoms with Crippen LogP contribution >= 0.6 is 0 Å². The van der Waals surface area contributed by atoms with Gasteiger partial charge in [0, 0.05) is 0 Å². The number of benzene rings is 2. The Kier molecular flexibility index (Phi) is 5.80. The van der Waals surface area contributed by atoms with Crippen LogP contribution in [0.4, 0.5) is 0 Å². The molecule has 6 heteroatoms. The van der Waals surface area contributed by atoms with Crippen molar-refractivity contribution in [1.29, 1.82) is 0 Å². The summed E-state index contributed by atoms with van der Waals surface area (Å²) >= 11 is 0.